The van der Waals surface area contributed by atoms with Gasteiger partial charge in [0.1, 0.15) is 5.82 Å². The molecule has 0 atom stereocenters. The van der Waals surface area contributed by atoms with Gasteiger partial charge in [-0.2, -0.15) is 5.26 Å². The van der Waals surface area contributed by atoms with E-state index in [9.17, 15) is 0 Å². The summed E-state index contributed by atoms with van der Waals surface area (Å²) >= 11 is 0. The SMILES string of the molecule is CC1(c2nc3cc(C#N)ccc3n2C(C)(C)C)CCCC1. The molecule has 0 N–H and O–H groups in total. The number of rotatable bonds is 1. The first-order valence-corrected chi connectivity index (χ1v) is 7.79. The minimum Gasteiger partial charge on any atom is -0.322 e. The second kappa shape index (κ2) is 4.59. The maximum atomic E-state index is 9.11. The molecule has 1 fully saturated rings. The zero-order valence-corrected chi connectivity index (χ0v) is 13.4. The van der Waals surface area contributed by atoms with Gasteiger partial charge >= 0.3 is 0 Å². The van der Waals surface area contributed by atoms with E-state index in [4.69, 9.17) is 10.2 Å². The van der Waals surface area contributed by atoms with Gasteiger partial charge in [0.2, 0.25) is 0 Å². The van der Waals surface area contributed by atoms with Crippen molar-refractivity contribution in [2.45, 2.75) is 64.3 Å². The Hall–Kier alpha value is -1.82. The molecule has 1 aromatic carbocycles. The van der Waals surface area contributed by atoms with E-state index >= 15 is 0 Å². The van der Waals surface area contributed by atoms with Gasteiger partial charge in [-0.3, -0.25) is 0 Å². The first-order valence-electron chi connectivity index (χ1n) is 7.79. The highest BCUT2D eigenvalue weighted by atomic mass is 15.1. The molecular weight excluding hydrogens is 258 g/mol. The lowest BCUT2D eigenvalue weighted by Gasteiger charge is -2.31. The number of hydrogen-bond acceptors (Lipinski definition) is 2. The summed E-state index contributed by atoms with van der Waals surface area (Å²) in [6, 6.07) is 8.08. The summed E-state index contributed by atoms with van der Waals surface area (Å²) in [6.45, 7) is 9.03. The summed E-state index contributed by atoms with van der Waals surface area (Å²) < 4.78 is 2.38. The smallest absolute Gasteiger partial charge is 0.116 e. The molecule has 0 bridgehead atoms. The molecule has 1 saturated carbocycles. The summed E-state index contributed by atoms with van der Waals surface area (Å²) in [6.07, 6.45) is 4.98. The highest BCUT2D eigenvalue weighted by molar-refractivity contribution is 5.78. The quantitative estimate of drug-likeness (QED) is 0.772. The van der Waals surface area contributed by atoms with E-state index in [2.05, 4.69) is 38.3 Å². The van der Waals surface area contributed by atoms with Gasteiger partial charge in [0, 0.05) is 11.0 Å². The van der Waals surface area contributed by atoms with Crippen LogP contribution in [-0.4, -0.2) is 9.55 Å². The van der Waals surface area contributed by atoms with E-state index < -0.39 is 0 Å². The average Bonchev–Trinajstić information content (AvgIpc) is 3.01. The zero-order chi connectivity index (χ0) is 15.3. The number of benzene rings is 1. The summed E-state index contributed by atoms with van der Waals surface area (Å²) in [7, 11) is 0. The van der Waals surface area contributed by atoms with Crippen molar-refractivity contribution in [1.82, 2.24) is 9.55 Å². The van der Waals surface area contributed by atoms with Crippen molar-refractivity contribution in [2.24, 2.45) is 0 Å². The van der Waals surface area contributed by atoms with E-state index in [1.54, 1.807) is 0 Å². The monoisotopic (exact) mass is 281 g/mol. The zero-order valence-electron chi connectivity index (χ0n) is 13.4. The van der Waals surface area contributed by atoms with Crippen LogP contribution in [0.4, 0.5) is 0 Å². The third-order valence-corrected chi connectivity index (χ3v) is 4.70. The Kier molecular flexibility index (Phi) is 3.09. The second-order valence-electron chi connectivity index (χ2n) is 7.52. The van der Waals surface area contributed by atoms with Crippen LogP contribution in [0.5, 0.6) is 0 Å². The van der Waals surface area contributed by atoms with Crippen molar-refractivity contribution in [3.63, 3.8) is 0 Å². The standard InChI is InChI=1S/C18H23N3/c1-17(2,3)21-15-8-7-13(12-19)11-14(15)20-16(21)18(4)9-5-6-10-18/h7-8,11H,5-6,9-10H2,1-4H3. The lowest BCUT2D eigenvalue weighted by molar-refractivity contribution is 0.345. The van der Waals surface area contributed by atoms with Crippen molar-refractivity contribution in [1.29, 1.82) is 5.26 Å². The first-order chi connectivity index (χ1) is 9.85. The average molecular weight is 281 g/mol. The highest BCUT2D eigenvalue weighted by Crippen LogP contribution is 2.42. The van der Waals surface area contributed by atoms with Crippen molar-refractivity contribution in [3.05, 3.63) is 29.6 Å². The largest absolute Gasteiger partial charge is 0.322 e. The number of nitrogens with zero attached hydrogens (tertiary/aromatic N) is 3. The van der Waals surface area contributed by atoms with E-state index in [-0.39, 0.29) is 11.0 Å². The number of fused-ring (bicyclic) bond motifs is 1. The van der Waals surface area contributed by atoms with Crippen molar-refractivity contribution >= 4 is 11.0 Å². The van der Waals surface area contributed by atoms with Crippen LogP contribution in [0.2, 0.25) is 0 Å². The Morgan fingerprint density at radius 1 is 1.24 bits per heavy atom. The van der Waals surface area contributed by atoms with E-state index in [1.165, 1.54) is 31.5 Å². The van der Waals surface area contributed by atoms with Crippen LogP contribution in [0.3, 0.4) is 0 Å². The van der Waals surface area contributed by atoms with Gasteiger partial charge in [-0.1, -0.05) is 19.8 Å². The Balaban J connectivity index is 2.30. The molecule has 3 heteroatoms. The lowest BCUT2D eigenvalue weighted by Crippen LogP contribution is -2.31. The predicted octanol–water partition coefficient (Wildman–Crippen LogP) is 4.49. The van der Waals surface area contributed by atoms with Crippen molar-refractivity contribution in [2.75, 3.05) is 0 Å². The molecule has 0 unspecified atom stereocenters. The number of nitriles is 1. The molecule has 110 valence electrons. The van der Waals surface area contributed by atoms with Crippen molar-refractivity contribution in [3.8, 4) is 6.07 Å². The molecule has 1 aliphatic rings. The van der Waals surface area contributed by atoms with Crippen LogP contribution in [0.25, 0.3) is 11.0 Å². The molecule has 1 aromatic heterocycles. The Morgan fingerprint density at radius 3 is 2.48 bits per heavy atom. The van der Waals surface area contributed by atoms with Gasteiger partial charge in [0.15, 0.2) is 0 Å². The lowest BCUT2D eigenvalue weighted by atomic mass is 9.87. The van der Waals surface area contributed by atoms with E-state index in [0.717, 1.165) is 11.0 Å². The fraction of sp³-hybridized carbons (Fsp3) is 0.556. The summed E-state index contributed by atoms with van der Waals surface area (Å²) in [5.41, 5.74) is 2.93. The van der Waals surface area contributed by atoms with Crippen LogP contribution in [0.15, 0.2) is 18.2 Å². The fourth-order valence-electron chi connectivity index (χ4n) is 3.61. The normalized spacial score (nSPS) is 18.0. The van der Waals surface area contributed by atoms with Crippen LogP contribution in [0.1, 0.15) is 64.8 Å². The molecule has 0 spiro atoms. The molecule has 2 aromatic rings. The van der Waals surface area contributed by atoms with Gasteiger partial charge in [0.25, 0.3) is 0 Å². The molecule has 1 aliphatic carbocycles. The Morgan fingerprint density at radius 2 is 1.90 bits per heavy atom. The molecule has 0 saturated heterocycles. The molecule has 21 heavy (non-hydrogen) atoms. The van der Waals surface area contributed by atoms with Crippen LogP contribution >= 0.6 is 0 Å². The topological polar surface area (TPSA) is 41.6 Å². The van der Waals surface area contributed by atoms with Gasteiger partial charge in [-0.05, 0) is 51.8 Å². The molecule has 3 rings (SSSR count). The Bertz CT molecular complexity index is 719. The third kappa shape index (κ3) is 2.23. The van der Waals surface area contributed by atoms with Crippen LogP contribution in [0, 0.1) is 11.3 Å². The molecule has 0 aliphatic heterocycles. The van der Waals surface area contributed by atoms with Crippen molar-refractivity contribution < 1.29 is 0 Å². The third-order valence-electron chi connectivity index (χ3n) is 4.70. The Labute approximate surface area is 126 Å². The van der Waals surface area contributed by atoms with E-state index in [1.807, 2.05) is 18.2 Å². The van der Waals surface area contributed by atoms with Gasteiger partial charge in [-0.15, -0.1) is 0 Å². The number of aromatic nitrogens is 2. The molecule has 0 radical (unpaired) electrons. The van der Waals surface area contributed by atoms with Gasteiger partial charge < -0.3 is 4.57 Å². The minimum absolute atomic E-state index is 0.0101. The fourth-order valence-corrected chi connectivity index (χ4v) is 3.61. The summed E-state index contributed by atoms with van der Waals surface area (Å²) in [5, 5.41) is 9.11. The molecular formula is C18H23N3. The maximum Gasteiger partial charge on any atom is 0.116 e. The molecule has 3 nitrogen and oxygen atoms in total. The van der Waals surface area contributed by atoms with Crippen LogP contribution in [-0.2, 0) is 11.0 Å². The maximum absolute atomic E-state index is 9.11. The molecule has 0 amide bonds. The minimum atomic E-state index is -0.0101. The van der Waals surface area contributed by atoms with Gasteiger partial charge in [-0.25, -0.2) is 4.98 Å². The summed E-state index contributed by atoms with van der Waals surface area (Å²) in [4.78, 5) is 4.95. The number of imidazole rings is 1. The second-order valence-corrected chi connectivity index (χ2v) is 7.52. The van der Waals surface area contributed by atoms with Gasteiger partial charge in [0.05, 0.1) is 22.7 Å². The van der Waals surface area contributed by atoms with Crippen LogP contribution < -0.4 is 0 Å². The first kappa shape index (κ1) is 14.1. The summed E-state index contributed by atoms with van der Waals surface area (Å²) in [5.74, 6) is 1.19. The highest BCUT2D eigenvalue weighted by Gasteiger charge is 2.37. The predicted molar refractivity (Wildman–Crippen MR) is 85.3 cm³/mol. The number of hydrogen-bond donors (Lipinski definition) is 0. The van der Waals surface area contributed by atoms with E-state index in [0.29, 0.717) is 5.56 Å². The molecule has 1 heterocycles.